The van der Waals surface area contributed by atoms with E-state index in [0.717, 1.165) is 12.1 Å². The number of nitrogen functional groups attached to an aromatic ring is 1. The first kappa shape index (κ1) is 26.0. The Morgan fingerprint density at radius 3 is 2.26 bits per heavy atom. The molecule has 1 aromatic heterocycles. The monoisotopic (exact) mass is 461 g/mol. The van der Waals surface area contributed by atoms with Crippen LogP contribution in [0.3, 0.4) is 0 Å². The number of rotatable bonds is 6. The fourth-order valence-corrected chi connectivity index (χ4v) is 2.60. The van der Waals surface area contributed by atoms with Gasteiger partial charge in [-0.05, 0) is 11.5 Å². The second kappa shape index (κ2) is 11.3. The summed E-state index contributed by atoms with van der Waals surface area (Å²) in [5.74, 6) is -2.18. The molecule has 0 bridgehead atoms. The van der Waals surface area contributed by atoms with Crippen molar-refractivity contribution >= 4 is 35.1 Å². The summed E-state index contributed by atoms with van der Waals surface area (Å²) in [6.07, 6.45) is -5.08. The lowest BCUT2D eigenvalue weighted by Crippen LogP contribution is -2.28. The van der Waals surface area contributed by atoms with E-state index in [4.69, 9.17) is 27.2 Å². The fourth-order valence-electron chi connectivity index (χ4n) is 2.32. The lowest BCUT2D eigenvalue weighted by atomic mass is 10.2. The predicted octanol–water partition coefficient (Wildman–Crippen LogP) is 3.37. The molecule has 4 N–H and O–H groups in total. The van der Waals surface area contributed by atoms with Crippen molar-refractivity contribution in [1.29, 1.82) is 0 Å². The zero-order valence-corrected chi connectivity index (χ0v) is 17.8. The highest BCUT2D eigenvalue weighted by atomic mass is 35.5. The Morgan fingerprint density at radius 2 is 1.77 bits per heavy atom. The third-order valence-electron chi connectivity index (χ3n) is 3.62. The van der Waals surface area contributed by atoms with Gasteiger partial charge >= 0.3 is 12.1 Å². The third kappa shape index (κ3) is 8.67. The Labute approximate surface area is 182 Å². The molecule has 1 amide bonds. The van der Waals surface area contributed by atoms with Crippen molar-refractivity contribution in [3.8, 4) is 0 Å². The van der Waals surface area contributed by atoms with Crippen LogP contribution in [0.4, 0.5) is 24.8 Å². The number of amides is 1. The molecule has 12 heteroatoms. The number of nitrogens with one attached hydrogen (secondary N) is 1. The lowest BCUT2D eigenvalue weighted by molar-refractivity contribution is -0.192. The Bertz CT molecular complexity index is 895. The summed E-state index contributed by atoms with van der Waals surface area (Å²) >= 11 is 6.19. The molecule has 0 fully saturated rings. The van der Waals surface area contributed by atoms with Crippen LogP contribution < -0.4 is 16.0 Å². The molecule has 31 heavy (non-hydrogen) atoms. The first-order valence-electron chi connectivity index (χ1n) is 8.99. The molecule has 8 nitrogen and oxygen atoms in total. The lowest BCUT2D eigenvalue weighted by Gasteiger charge is -2.21. The van der Waals surface area contributed by atoms with E-state index in [1.165, 1.54) is 0 Å². The van der Waals surface area contributed by atoms with Crippen molar-refractivity contribution in [2.24, 2.45) is 5.92 Å². The number of nitrogens with zero attached hydrogens (tertiary/aromatic N) is 3. The van der Waals surface area contributed by atoms with Crippen LogP contribution in [-0.2, 0) is 11.3 Å². The highest BCUT2D eigenvalue weighted by Crippen LogP contribution is 2.24. The summed E-state index contributed by atoms with van der Waals surface area (Å²) in [5, 5.41) is 10.1. The summed E-state index contributed by atoms with van der Waals surface area (Å²) in [6, 6.07) is 9.58. The quantitative estimate of drug-likeness (QED) is 0.603. The van der Waals surface area contributed by atoms with E-state index in [1.807, 2.05) is 42.3 Å². The number of hydrogen-bond acceptors (Lipinski definition) is 6. The molecule has 0 radical (unpaired) electrons. The van der Waals surface area contributed by atoms with E-state index in [9.17, 15) is 18.0 Å². The number of aliphatic carboxylic acids is 1. The van der Waals surface area contributed by atoms with Gasteiger partial charge in [0, 0.05) is 20.1 Å². The first-order chi connectivity index (χ1) is 14.3. The van der Waals surface area contributed by atoms with E-state index >= 15 is 0 Å². The molecule has 0 unspecified atom stereocenters. The average molecular weight is 462 g/mol. The smallest absolute Gasteiger partial charge is 0.475 e. The van der Waals surface area contributed by atoms with Crippen LogP contribution in [0, 0.1) is 5.92 Å². The molecule has 0 aliphatic heterocycles. The van der Waals surface area contributed by atoms with Gasteiger partial charge in [0.25, 0.3) is 5.91 Å². The van der Waals surface area contributed by atoms with Gasteiger partial charge in [-0.25, -0.2) is 14.8 Å². The molecule has 1 aromatic carbocycles. The van der Waals surface area contributed by atoms with Crippen LogP contribution in [0.5, 0.6) is 0 Å². The number of carboxylic acids is 1. The molecule has 0 spiro atoms. The summed E-state index contributed by atoms with van der Waals surface area (Å²) in [7, 11) is 1.87. The number of halogens is 4. The minimum absolute atomic E-state index is 0.0395. The Balaban J connectivity index is 0.000000592. The maximum atomic E-state index is 12.3. The number of benzene rings is 1. The summed E-state index contributed by atoms with van der Waals surface area (Å²) in [4.78, 5) is 31.4. The molecule has 0 aliphatic carbocycles. The van der Waals surface area contributed by atoms with Gasteiger partial charge in [-0.2, -0.15) is 13.2 Å². The van der Waals surface area contributed by atoms with E-state index in [-0.39, 0.29) is 16.7 Å². The van der Waals surface area contributed by atoms with Crippen molar-refractivity contribution in [1.82, 2.24) is 15.3 Å². The van der Waals surface area contributed by atoms with E-state index in [1.54, 1.807) is 0 Å². The molecular formula is C19H23ClF3N5O3. The summed E-state index contributed by atoms with van der Waals surface area (Å²) in [5.41, 5.74) is 6.93. The zero-order valence-electron chi connectivity index (χ0n) is 17.1. The highest BCUT2D eigenvalue weighted by molar-refractivity contribution is 6.32. The van der Waals surface area contributed by atoms with Crippen molar-refractivity contribution in [2.45, 2.75) is 26.6 Å². The number of carbonyl (C=O) groups excluding carboxylic acids is 1. The maximum Gasteiger partial charge on any atom is 0.490 e. The van der Waals surface area contributed by atoms with Crippen molar-refractivity contribution in [3.05, 3.63) is 46.7 Å². The molecule has 170 valence electrons. The van der Waals surface area contributed by atoms with Gasteiger partial charge in [-0.15, -0.1) is 0 Å². The Hall–Kier alpha value is -3.08. The van der Waals surface area contributed by atoms with Crippen LogP contribution in [0.25, 0.3) is 0 Å². The topological polar surface area (TPSA) is 121 Å². The Kier molecular flexibility index (Phi) is 9.50. The molecule has 0 saturated heterocycles. The molecular weight excluding hydrogens is 439 g/mol. The highest BCUT2D eigenvalue weighted by Gasteiger charge is 2.38. The number of carboxylic acid groups (broad SMARTS) is 1. The molecule has 0 aliphatic rings. The molecule has 2 aromatic rings. The van der Waals surface area contributed by atoms with Gasteiger partial charge in [0.15, 0.2) is 22.5 Å². The normalized spacial score (nSPS) is 10.8. The predicted molar refractivity (Wildman–Crippen MR) is 111 cm³/mol. The number of anilines is 2. The first-order valence-corrected chi connectivity index (χ1v) is 9.37. The largest absolute Gasteiger partial charge is 0.490 e. The van der Waals surface area contributed by atoms with Crippen LogP contribution in [0.1, 0.15) is 29.9 Å². The van der Waals surface area contributed by atoms with Crippen molar-refractivity contribution in [3.63, 3.8) is 0 Å². The third-order valence-corrected chi connectivity index (χ3v) is 3.87. The maximum absolute atomic E-state index is 12.3. The second-order valence-electron chi connectivity index (χ2n) is 6.82. The van der Waals surface area contributed by atoms with Gasteiger partial charge in [-0.3, -0.25) is 4.79 Å². The van der Waals surface area contributed by atoms with Gasteiger partial charge in [0.05, 0.1) is 0 Å². The summed E-state index contributed by atoms with van der Waals surface area (Å²) in [6.45, 7) is 5.32. The van der Waals surface area contributed by atoms with Gasteiger partial charge in [0.2, 0.25) is 0 Å². The van der Waals surface area contributed by atoms with Gasteiger partial charge in [-0.1, -0.05) is 55.8 Å². The number of alkyl halides is 3. The van der Waals surface area contributed by atoms with Crippen LogP contribution in [-0.4, -0.2) is 46.7 Å². The molecule has 2 rings (SSSR count). The van der Waals surface area contributed by atoms with Gasteiger partial charge < -0.3 is 21.1 Å². The van der Waals surface area contributed by atoms with Gasteiger partial charge in [0.1, 0.15) is 0 Å². The molecule has 0 atom stereocenters. The molecule has 0 saturated carbocycles. The zero-order chi connectivity index (χ0) is 23.8. The number of carbonyl (C=O) groups is 2. The summed E-state index contributed by atoms with van der Waals surface area (Å²) < 4.78 is 31.7. The number of hydrogen-bond donors (Lipinski definition) is 3. The molecule has 1 heterocycles. The standard InChI is InChI=1S/C17H22ClN5O.C2HF3O2/c1-11(2)10-23(3)16-14(18)21-13(15(19)22-16)17(24)20-9-12-7-5-4-6-8-12;3-2(4,5)1(6)7/h4-8,11H,9-10H2,1-3H3,(H2,19,22)(H,20,24);(H,6,7). The van der Waals surface area contributed by atoms with Crippen LogP contribution in [0.15, 0.2) is 30.3 Å². The van der Waals surface area contributed by atoms with E-state index in [2.05, 4.69) is 29.1 Å². The fraction of sp³-hybridized carbons (Fsp3) is 0.368. The number of nitrogens with two attached hydrogens (primary N) is 1. The van der Waals surface area contributed by atoms with E-state index < -0.39 is 18.1 Å². The minimum Gasteiger partial charge on any atom is -0.475 e. The number of aromatic nitrogens is 2. The van der Waals surface area contributed by atoms with Crippen LogP contribution in [0.2, 0.25) is 5.15 Å². The SMILES string of the molecule is CC(C)CN(C)c1nc(N)c(C(=O)NCc2ccccc2)nc1Cl.O=C(O)C(F)(F)F. The van der Waals surface area contributed by atoms with Crippen molar-refractivity contribution in [2.75, 3.05) is 24.2 Å². The second-order valence-corrected chi connectivity index (χ2v) is 7.18. The Morgan fingerprint density at radius 1 is 1.23 bits per heavy atom. The van der Waals surface area contributed by atoms with Crippen molar-refractivity contribution < 1.29 is 27.9 Å². The van der Waals surface area contributed by atoms with Crippen LogP contribution >= 0.6 is 11.6 Å². The minimum atomic E-state index is -5.08. The average Bonchev–Trinajstić information content (AvgIpc) is 2.67. The van der Waals surface area contributed by atoms with E-state index in [0.29, 0.717) is 18.3 Å².